The molecule has 0 radical (unpaired) electrons. The molecule has 1 aliphatic rings. The van der Waals surface area contributed by atoms with Gasteiger partial charge in [0.05, 0.1) is 0 Å². The lowest BCUT2D eigenvalue weighted by Gasteiger charge is -2.32. The Hall–Kier alpha value is -2.62. The van der Waals surface area contributed by atoms with E-state index in [-0.39, 0.29) is 17.6 Å². The van der Waals surface area contributed by atoms with Crippen LogP contribution in [-0.2, 0) is 0 Å². The minimum atomic E-state index is -0.436. The Morgan fingerprint density at radius 2 is 1.82 bits per heavy atom. The van der Waals surface area contributed by atoms with Crippen LogP contribution in [0.3, 0.4) is 0 Å². The Balaban J connectivity index is 1.97. The van der Waals surface area contributed by atoms with Crippen LogP contribution < -0.4 is 9.47 Å². The van der Waals surface area contributed by atoms with Gasteiger partial charge in [0, 0.05) is 11.6 Å². The quantitative estimate of drug-likeness (QED) is 0.878. The highest BCUT2D eigenvalue weighted by molar-refractivity contribution is 5.56. The molecule has 0 aromatic heterocycles. The molecule has 2 N–H and O–H groups in total. The van der Waals surface area contributed by atoms with E-state index in [1.54, 1.807) is 6.07 Å². The fourth-order valence-electron chi connectivity index (χ4n) is 2.59. The van der Waals surface area contributed by atoms with Crippen LogP contribution in [0.2, 0.25) is 0 Å². The maximum absolute atomic E-state index is 10.0. The van der Waals surface area contributed by atoms with Gasteiger partial charge in [0.15, 0.2) is 17.6 Å². The number of aromatic hydroxyl groups is 2. The molecule has 114 valence electrons. The zero-order valence-electron chi connectivity index (χ0n) is 12.5. The van der Waals surface area contributed by atoms with E-state index in [2.05, 4.69) is 0 Å². The highest BCUT2D eigenvalue weighted by Crippen LogP contribution is 2.42. The first-order valence-electron chi connectivity index (χ1n) is 7.20. The maximum atomic E-state index is 10.0. The second-order valence-electron chi connectivity index (χ2n) is 5.31. The summed E-state index contributed by atoms with van der Waals surface area (Å²) < 4.78 is 11.9. The molecule has 0 amide bonds. The summed E-state index contributed by atoms with van der Waals surface area (Å²) in [5, 5.41) is 19.5. The molecule has 4 nitrogen and oxygen atoms in total. The molecule has 0 saturated heterocycles. The molecule has 1 aliphatic heterocycles. The van der Waals surface area contributed by atoms with Gasteiger partial charge in [-0.1, -0.05) is 18.2 Å². The van der Waals surface area contributed by atoms with Crippen molar-refractivity contribution in [2.24, 2.45) is 0 Å². The van der Waals surface area contributed by atoms with Crippen molar-refractivity contribution >= 4 is 6.08 Å². The SMILES string of the molecule is C/C=C/c1ccc2c(c1)O[C@H](c1ccc(O)cc1O)[C@H](C)O2. The lowest BCUT2D eigenvalue weighted by molar-refractivity contribution is 0.0293. The van der Waals surface area contributed by atoms with Gasteiger partial charge in [0.1, 0.15) is 17.6 Å². The summed E-state index contributed by atoms with van der Waals surface area (Å²) in [5.74, 6) is 1.34. The molecule has 22 heavy (non-hydrogen) atoms. The van der Waals surface area contributed by atoms with E-state index in [9.17, 15) is 10.2 Å². The van der Waals surface area contributed by atoms with E-state index >= 15 is 0 Å². The highest BCUT2D eigenvalue weighted by atomic mass is 16.6. The third-order valence-corrected chi connectivity index (χ3v) is 3.64. The van der Waals surface area contributed by atoms with Gasteiger partial charge in [-0.2, -0.15) is 0 Å². The van der Waals surface area contributed by atoms with E-state index < -0.39 is 6.10 Å². The van der Waals surface area contributed by atoms with Crippen molar-refractivity contribution in [1.29, 1.82) is 0 Å². The maximum Gasteiger partial charge on any atom is 0.164 e. The van der Waals surface area contributed by atoms with Crippen LogP contribution in [-0.4, -0.2) is 16.3 Å². The van der Waals surface area contributed by atoms with Crippen molar-refractivity contribution < 1.29 is 19.7 Å². The van der Waals surface area contributed by atoms with Gasteiger partial charge < -0.3 is 19.7 Å². The Labute approximate surface area is 129 Å². The topological polar surface area (TPSA) is 58.9 Å². The van der Waals surface area contributed by atoms with Gasteiger partial charge in [0.2, 0.25) is 0 Å². The molecule has 2 aromatic carbocycles. The molecular formula is C18H18O4. The summed E-state index contributed by atoms with van der Waals surface area (Å²) in [6.45, 7) is 3.84. The molecule has 0 saturated carbocycles. The van der Waals surface area contributed by atoms with Crippen molar-refractivity contribution in [3.63, 3.8) is 0 Å². The van der Waals surface area contributed by atoms with Gasteiger partial charge in [0.25, 0.3) is 0 Å². The molecular weight excluding hydrogens is 280 g/mol. The average molecular weight is 298 g/mol. The second kappa shape index (κ2) is 5.64. The summed E-state index contributed by atoms with van der Waals surface area (Å²) in [6, 6.07) is 10.2. The predicted octanol–water partition coefficient (Wildman–Crippen LogP) is 4.03. The average Bonchev–Trinajstić information content (AvgIpc) is 2.48. The van der Waals surface area contributed by atoms with E-state index in [1.165, 1.54) is 12.1 Å². The predicted molar refractivity (Wildman–Crippen MR) is 84.4 cm³/mol. The molecule has 0 fully saturated rings. The number of benzene rings is 2. The minimum absolute atomic E-state index is 0.00601. The lowest BCUT2D eigenvalue weighted by Crippen LogP contribution is -2.30. The number of allylic oxidation sites excluding steroid dienone is 1. The second-order valence-corrected chi connectivity index (χ2v) is 5.31. The largest absolute Gasteiger partial charge is 0.508 e. The number of hydrogen-bond donors (Lipinski definition) is 2. The molecule has 0 aliphatic carbocycles. The number of phenolic OH excluding ortho intramolecular Hbond substituents is 2. The fourth-order valence-corrected chi connectivity index (χ4v) is 2.59. The summed E-state index contributed by atoms with van der Waals surface area (Å²) >= 11 is 0. The zero-order valence-corrected chi connectivity index (χ0v) is 12.5. The first-order chi connectivity index (χ1) is 10.6. The van der Waals surface area contributed by atoms with Crippen molar-refractivity contribution in [2.45, 2.75) is 26.1 Å². The van der Waals surface area contributed by atoms with Gasteiger partial charge in [-0.25, -0.2) is 0 Å². The third kappa shape index (κ3) is 2.60. The molecule has 1 heterocycles. The number of hydrogen-bond acceptors (Lipinski definition) is 4. The van der Waals surface area contributed by atoms with E-state index in [4.69, 9.17) is 9.47 Å². The normalized spacial score (nSPS) is 20.3. The minimum Gasteiger partial charge on any atom is -0.508 e. The third-order valence-electron chi connectivity index (χ3n) is 3.64. The summed E-state index contributed by atoms with van der Waals surface area (Å²) in [4.78, 5) is 0. The van der Waals surface area contributed by atoms with Gasteiger partial charge in [-0.3, -0.25) is 0 Å². The molecule has 3 rings (SSSR count). The van der Waals surface area contributed by atoms with Gasteiger partial charge >= 0.3 is 0 Å². The van der Waals surface area contributed by atoms with Crippen molar-refractivity contribution in [1.82, 2.24) is 0 Å². The first kappa shape index (κ1) is 14.3. The van der Waals surface area contributed by atoms with Gasteiger partial charge in [-0.05, 0) is 43.7 Å². The Morgan fingerprint density at radius 3 is 2.55 bits per heavy atom. The molecule has 2 aromatic rings. The summed E-state index contributed by atoms with van der Waals surface area (Å²) in [7, 11) is 0. The monoisotopic (exact) mass is 298 g/mol. The molecule has 4 heteroatoms. The first-order valence-corrected chi connectivity index (χ1v) is 7.20. The molecule has 2 atom stereocenters. The van der Waals surface area contributed by atoms with Crippen molar-refractivity contribution in [2.75, 3.05) is 0 Å². The number of ether oxygens (including phenoxy) is 2. The highest BCUT2D eigenvalue weighted by Gasteiger charge is 2.31. The van der Waals surface area contributed by atoms with Crippen molar-refractivity contribution in [3.8, 4) is 23.0 Å². The van der Waals surface area contributed by atoms with Crippen LogP contribution in [0.15, 0.2) is 42.5 Å². The number of rotatable bonds is 2. The number of fused-ring (bicyclic) bond motifs is 1. The van der Waals surface area contributed by atoms with Crippen LogP contribution in [0, 0.1) is 0 Å². The Morgan fingerprint density at radius 1 is 1.00 bits per heavy atom. The van der Waals surface area contributed by atoms with Crippen LogP contribution in [0.25, 0.3) is 6.08 Å². The Bertz CT molecular complexity index is 721. The molecule has 0 unspecified atom stereocenters. The lowest BCUT2D eigenvalue weighted by atomic mass is 10.0. The number of phenols is 2. The van der Waals surface area contributed by atoms with Gasteiger partial charge in [-0.15, -0.1) is 0 Å². The smallest absolute Gasteiger partial charge is 0.164 e. The van der Waals surface area contributed by atoms with Crippen LogP contribution in [0.5, 0.6) is 23.0 Å². The standard InChI is InChI=1S/C18H18O4/c1-3-4-12-5-8-16-17(9-12)22-18(11(2)21-16)14-7-6-13(19)10-15(14)20/h3-11,18-20H,1-2H3/b4-3+/t11-,18-/m0/s1. The molecule has 0 spiro atoms. The van der Waals surface area contributed by atoms with Crippen LogP contribution >= 0.6 is 0 Å². The summed E-state index contributed by atoms with van der Waals surface area (Å²) in [5.41, 5.74) is 1.61. The Kier molecular flexibility index (Phi) is 3.67. The fraction of sp³-hybridized carbons (Fsp3) is 0.222. The zero-order chi connectivity index (χ0) is 15.7. The van der Waals surface area contributed by atoms with E-state index in [0.717, 1.165) is 5.56 Å². The van der Waals surface area contributed by atoms with Crippen LogP contribution in [0.4, 0.5) is 0 Å². The molecule has 0 bridgehead atoms. The van der Waals surface area contributed by atoms with Crippen LogP contribution in [0.1, 0.15) is 31.1 Å². The van der Waals surface area contributed by atoms with E-state index in [1.807, 2.05) is 44.2 Å². The summed E-state index contributed by atoms with van der Waals surface area (Å²) in [6.07, 6.45) is 3.25. The van der Waals surface area contributed by atoms with Crippen molar-refractivity contribution in [3.05, 3.63) is 53.6 Å². The van der Waals surface area contributed by atoms with E-state index in [0.29, 0.717) is 17.1 Å².